The number of likely N-dealkylation sites (tertiary alicyclic amines) is 1. The van der Waals surface area contributed by atoms with E-state index in [0.717, 1.165) is 32.1 Å². The smallest absolute Gasteiger partial charge is 0.175 e. The van der Waals surface area contributed by atoms with Crippen LogP contribution in [0.5, 0.6) is 0 Å². The lowest BCUT2D eigenvalue weighted by Crippen LogP contribution is -2.29. The second kappa shape index (κ2) is 4.89. The lowest BCUT2D eigenvalue weighted by atomic mass is 10.1. The van der Waals surface area contributed by atoms with Crippen LogP contribution in [0.15, 0.2) is 29.2 Å². The predicted octanol–water partition coefficient (Wildman–Crippen LogP) is 0.884. The maximum absolute atomic E-state index is 11.4. The van der Waals surface area contributed by atoms with E-state index in [1.54, 1.807) is 12.1 Å². The van der Waals surface area contributed by atoms with Crippen LogP contribution in [-0.2, 0) is 16.4 Å². The molecular weight excluding hydrogens is 260 g/mol. The molecule has 1 N–H and O–H groups in total. The quantitative estimate of drug-likeness (QED) is 0.893. The van der Waals surface area contributed by atoms with Gasteiger partial charge in [-0.3, -0.25) is 4.90 Å². The zero-order valence-corrected chi connectivity index (χ0v) is 12.0. The first kappa shape index (κ1) is 13.1. The molecule has 3 rings (SSSR count). The predicted molar refractivity (Wildman–Crippen MR) is 74.7 cm³/mol. The molecule has 104 valence electrons. The van der Waals surface area contributed by atoms with Crippen molar-refractivity contribution in [1.82, 2.24) is 10.2 Å². The van der Waals surface area contributed by atoms with Crippen LogP contribution in [0.25, 0.3) is 0 Å². The van der Waals surface area contributed by atoms with Gasteiger partial charge < -0.3 is 5.32 Å². The van der Waals surface area contributed by atoms with E-state index < -0.39 is 9.84 Å². The fourth-order valence-corrected chi connectivity index (χ4v) is 3.80. The molecule has 2 aliphatic heterocycles. The molecule has 0 spiro atoms. The summed E-state index contributed by atoms with van der Waals surface area (Å²) in [6.45, 7) is 4.34. The van der Waals surface area contributed by atoms with Crippen LogP contribution in [0, 0.1) is 5.92 Å². The number of nitrogens with zero attached hydrogens (tertiary/aromatic N) is 1. The standard InChI is InChI=1S/C14H20N2O2S/c1-19(17,18)13-4-2-11(3-5-13)8-16-9-12-6-7-15-14(12)10-16/h2-5,12,14-15H,6-10H2,1H3/t12-,14+/m1/s1. The Hall–Kier alpha value is -0.910. The summed E-state index contributed by atoms with van der Waals surface area (Å²) in [5, 5.41) is 3.54. The molecule has 19 heavy (non-hydrogen) atoms. The number of sulfone groups is 1. The molecule has 2 heterocycles. The van der Waals surface area contributed by atoms with Crippen LogP contribution in [0.3, 0.4) is 0 Å². The van der Waals surface area contributed by atoms with E-state index in [9.17, 15) is 8.42 Å². The third-order valence-corrected chi connectivity index (χ3v) is 5.32. The monoisotopic (exact) mass is 280 g/mol. The average molecular weight is 280 g/mol. The molecule has 0 bridgehead atoms. The highest BCUT2D eigenvalue weighted by Gasteiger charge is 2.35. The number of hydrogen-bond donors (Lipinski definition) is 1. The molecule has 2 saturated heterocycles. The lowest BCUT2D eigenvalue weighted by molar-refractivity contribution is 0.306. The molecule has 4 nitrogen and oxygen atoms in total. The van der Waals surface area contributed by atoms with Gasteiger partial charge in [0.1, 0.15) is 0 Å². The van der Waals surface area contributed by atoms with E-state index in [4.69, 9.17) is 0 Å². The summed E-state index contributed by atoms with van der Waals surface area (Å²) in [4.78, 5) is 2.85. The first-order chi connectivity index (χ1) is 9.02. The van der Waals surface area contributed by atoms with Crippen molar-refractivity contribution >= 4 is 9.84 Å². The molecule has 0 aromatic heterocycles. The van der Waals surface area contributed by atoms with Gasteiger partial charge in [0.25, 0.3) is 0 Å². The van der Waals surface area contributed by atoms with Crippen molar-refractivity contribution in [2.45, 2.75) is 23.9 Å². The first-order valence-electron chi connectivity index (χ1n) is 6.77. The highest BCUT2D eigenvalue weighted by molar-refractivity contribution is 7.90. The van der Waals surface area contributed by atoms with Gasteiger partial charge in [-0.1, -0.05) is 12.1 Å². The fraction of sp³-hybridized carbons (Fsp3) is 0.571. The first-order valence-corrected chi connectivity index (χ1v) is 8.66. The van der Waals surface area contributed by atoms with E-state index in [1.165, 1.54) is 18.2 Å². The van der Waals surface area contributed by atoms with E-state index in [0.29, 0.717) is 10.9 Å². The molecule has 0 aliphatic carbocycles. The van der Waals surface area contributed by atoms with Crippen LogP contribution in [0.4, 0.5) is 0 Å². The summed E-state index contributed by atoms with van der Waals surface area (Å²) in [5.41, 5.74) is 1.19. The van der Waals surface area contributed by atoms with Crippen LogP contribution >= 0.6 is 0 Å². The molecule has 1 aromatic carbocycles. The van der Waals surface area contributed by atoms with E-state index >= 15 is 0 Å². The molecular formula is C14H20N2O2S. The van der Waals surface area contributed by atoms with Gasteiger partial charge in [-0.05, 0) is 36.6 Å². The minimum atomic E-state index is -3.08. The van der Waals surface area contributed by atoms with Crippen LogP contribution in [0.1, 0.15) is 12.0 Å². The minimum Gasteiger partial charge on any atom is -0.312 e. The van der Waals surface area contributed by atoms with Crippen LogP contribution < -0.4 is 5.32 Å². The van der Waals surface area contributed by atoms with E-state index in [1.807, 2.05) is 12.1 Å². The van der Waals surface area contributed by atoms with Gasteiger partial charge in [0.2, 0.25) is 0 Å². The number of rotatable bonds is 3. The summed E-state index contributed by atoms with van der Waals surface area (Å²) >= 11 is 0. The van der Waals surface area contributed by atoms with Crippen molar-refractivity contribution in [3.8, 4) is 0 Å². The Morgan fingerprint density at radius 1 is 1.26 bits per heavy atom. The van der Waals surface area contributed by atoms with Crippen molar-refractivity contribution in [2.75, 3.05) is 25.9 Å². The lowest BCUT2D eigenvalue weighted by Gasteiger charge is -2.17. The third kappa shape index (κ3) is 2.83. The zero-order chi connectivity index (χ0) is 13.5. The molecule has 0 amide bonds. The van der Waals surface area contributed by atoms with Gasteiger partial charge in [0.15, 0.2) is 9.84 Å². The molecule has 5 heteroatoms. The Kier molecular flexibility index (Phi) is 3.37. The Morgan fingerprint density at radius 2 is 2.00 bits per heavy atom. The Balaban J connectivity index is 1.65. The van der Waals surface area contributed by atoms with Gasteiger partial charge in [0.05, 0.1) is 4.90 Å². The normalized spacial score (nSPS) is 27.6. The van der Waals surface area contributed by atoms with Crippen LogP contribution in [0.2, 0.25) is 0 Å². The van der Waals surface area contributed by atoms with Crippen molar-refractivity contribution < 1.29 is 8.42 Å². The Labute approximate surface area is 114 Å². The molecule has 1 aromatic rings. The molecule has 2 atom stereocenters. The average Bonchev–Trinajstić information content (AvgIpc) is 2.89. The Morgan fingerprint density at radius 3 is 2.63 bits per heavy atom. The van der Waals surface area contributed by atoms with Crippen LogP contribution in [-0.4, -0.2) is 45.2 Å². The highest BCUT2D eigenvalue weighted by atomic mass is 32.2. The second-order valence-corrected chi connectivity index (χ2v) is 7.74. The number of fused-ring (bicyclic) bond motifs is 1. The summed E-state index contributed by atoms with van der Waals surface area (Å²) < 4.78 is 22.8. The summed E-state index contributed by atoms with van der Waals surface area (Å²) in [7, 11) is -3.08. The largest absolute Gasteiger partial charge is 0.312 e. The number of benzene rings is 1. The van der Waals surface area contributed by atoms with E-state index in [2.05, 4.69) is 10.2 Å². The maximum atomic E-state index is 11.4. The molecule has 0 unspecified atom stereocenters. The van der Waals surface area contributed by atoms with Crippen molar-refractivity contribution in [2.24, 2.45) is 5.92 Å². The summed E-state index contributed by atoms with van der Waals surface area (Å²) in [6.07, 6.45) is 2.53. The summed E-state index contributed by atoms with van der Waals surface area (Å²) in [6, 6.07) is 7.94. The zero-order valence-electron chi connectivity index (χ0n) is 11.2. The van der Waals surface area contributed by atoms with Crippen molar-refractivity contribution in [3.63, 3.8) is 0 Å². The van der Waals surface area contributed by atoms with Crippen molar-refractivity contribution in [3.05, 3.63) is 29.8 Å². The van der Waals surface area contributed by atoms with Gasteiger partial charge in [0, 0.05) is 31.9 Å². The highest BCUT2D eigenvalue weighted by Crippen LogP contribution is 2.25. The van der Waals surface area contributed by atoms with Crippen molar-refractivity contribution in [1.29, 1.82) is 0 Å². The molecule has 0 radical (unpaired) electrons. The molecule has 2 aliphatic rings. The molecule has 2 fully saturated rings. The molecule has 0 saturated carbocycles. The minimum absolute atomic E-state index is 0.399. The fourth-order valence-electron chi connectivity index (χ4n) is 3.17. The topological polar surface area (TPSA) is 49.4 Å². The number of hydrogen-bond acceptors (Lipinski definition) is 4. The second-order valence-electron chi connectivity index (χ2n) is 5.72. The van der Waals surface area contributed by atoms with Gasteiger partial charge in [-0.15, -0.1) is 0 Å². The maximum Gasteiger partial charge on any atom is 0.175 e. The number of nitrogens with one attached hydrogen (secondary N) is 1. The van der Waals surface area contributed by atoms with E-state index in [-0.39, 0.29) is 0 Å². The third-order valence-electron chi connectivity index (χ3n) is 4.20. The van der Waals surface area contributed by atoms with Gasteiger partial charge in [-0.25, -0.2) is 8.42 Å². The SMILES string of the molecule is CS(=O)(=O)c1ccc(CN2C[C@H]3CCN[C@H]3C2)cc1. The summed E-state index contributed by atoms with van der Waals surface area (Å²) in [5.74, 6) is 0.801. The Bertz CT molecular complexity index is 541. The van der Waals surface area contributed by atoms with Gasteiger partial charge in [-0.2, -0.15) is 0 Å². The van der Waals surface area contributed by atoms with Gasteiger partial charge >= 0.3 is 0 Å².